The van der Waals surface area contributed by atoms with Gasteiger partial charge in [0, 0.05) is 17.1 Å². The number of rotatable bonds is 2. The average Bonchev–Trinajstić information content (AvgIpc) is 2.46. The number of hydrogen-bond donors (Lipinski definition) is 1. The molecular formula is C17H14N2O. The van der Waals surface area contributed by atoms with Crippen LogP contribution in [0.5, 0.6) is 0 Å². The van der Waals surface area contributed by atoms with Gasteiger partial charge in [-0.25, -0.2) is 4.98 Å². The second-order valence-electron chi connectivity index (χ2n) is 4.80. The molecule has 0 saturated heterocycles. The maximum Gasteiger partial charge on any atom is 0.159 e. The first-order valence-electron chi connectivity index (χ1n) is 6.40. The predicted octanol–water partition coefficient (Wildman–Crippen LogP) is 3.69. The van der Waals surface area contributed by atoms with Gasteiger partial charge in [-0.1, -0.05) is 36.4 Å². The minimum Gasteiger partial charge on any atom is -0.384 e. The molecule has 98 valence electrons. The summed E-state index contributed by atoms with van der Waals surface area (Å²) < 4.78 is 0. The topological polar surface area (TPSA) is 56.0 Å². The molecule has 0 aliphatic heterocycles. The van der Waals surface area contributed by atoms with E-state index >= 15 is 0 Å². The first kappa shape index (κ1) is 12.4. The van der Waals surface area contributed by atoms with Crippen molar-refractivity contribution in [3.05, 3.63) is 60.3 Å². The molecule has 3 aromatic rings. The first-order chi connectivity index (χ1) is 9.63. The van der Waals surface area contributed by atoms with Crippen LogP contribution in [0.4, 0.5) is 5.82 Å². The van der Waals surface area contributed by atoms with Crippen molar-refractivity contribution in [2.75, 3.05) is 5.73 Å². The van der Waals surface area contributed by atoms with E-state index in [0.717, 1.165) is 27.5 Å². The highest BCUT2D eigenvalue weighted by Crippen LogP contribution is 2.25. The van der Waals surface area contributed by atoms with Gasteiger partial charge in [-0.05, 0) is 35.6 Å². The van der Waals surface area contributed by atoms with Gasteiger partial charge in [0.15, 0.2) is 5.78 Å². The van der Waals surface area contributed by atoms with E-state index in [2.05, 4.69) is 11.1 Å². The van der Waals surface area contributed by atoms with Crippen LogP contribution < -0.4 is 5.73 Å². The van der Waals surface area contributed by atoms with Gasteiger partial charge in [0.2, 0.25) is 0 Å². The van der Waals surface area contributed by atoms with Crippen molar-refractivity contribution in [1.29, 1.82) is 0 Å². The maximum absolute atomic E-state index is 11.3. The second kappa shape index (κ2) is 4.78. The number of nitrogens with zero attached hydrogens (tertiary/aromatic N) is 1. The van der Waals surface area contributed by atoms with Gasteiger partial charge >= 0.3 is 0 Å². The Bertz CT molecular complexity index is 792. The highest BCUT2D eigenvalue weighted by atomic mass is 16.1. The van der Waals surface area contributed by atoms with Crippen LogP contribution in [-0.2, 0) is 0 Å². The van der Waals surface area contributed by atoms with Crippen LogP contribution in [-0.4, -0.2) is 10.8 Å². The van der Waals surface area contributed by atoms with Crippen molar-refractivity contribution in [2.24, 2.45) is 0 Å². The van der Waals surface area contributed by atoms with Gasteiger partial charge in [0.05, 0.1) is 0 Å². The Labute approximate surface area is 117 Å². The molecule has 0 bridgehead atoms. The third kappa shape index (κ3) is 2.26. The fourth-order valence-electron chi connectivity index (χ4n) is 2.23. The van der Waals surface area contributed by atoms with Crippen molar-refractivity contribution in [3.63, 3.8) is 0 Å². The number of ketones is 1. The molecule has 2 N–H and O–H groups in total. The van der Waals surface area contributed by atoms with E-state index in [4.69, 9.17) is 5.73 Å². The number of anilines is 1. The smallest absolute Gasteiger partial charge is 0.159 e. The molecule has 3 rings (SSSR count). The predicted molar refractivity (Wildman–Crippen MR) is 81.6 cm³/mol. The Morgan fingerprint density at radius 3 is 2.35 bits per heavy atom. The van der Waals surface area contributed by atoms with Crippen molar-refractivity contribution >= 4 is 22.4 Å². The lowest BCUT2D eigenvalue weighted by Crippen LogP contribution is -1.91. The van der Waals surface area contributed by atoms with Crippen molar-refractivity contribution in [3.8, 4) is 11.1 Å². The summed E-state index contributed by atoms with van der Waals surface area (Å²) in [5, 5.41) is 2.12. The molecule has 0 atom stereocenters. The molecule has 0 aliphatic rings. The molecule has 0 saturated carbocycles. The Kier molecular flexibility index (Phi) is 2.95. The third-order valence-electron chi connectivity index (χ3n) is 3.37. The quantitative estimate of drug-likeness (QED) is 0.717. The monoisotopic (exact) mass is 262 g/mol. The Morgan fingerprint density at radius 1 is 0.950 bits per heavy atom. The molecule has 0 radical (unpaired) electrons. The van der Waals surface area contributed by atoms with Gasteiger partial charge < -0.3 is 5.73 Å². The number of pyridine rings is 1. The fourth-order valence-corrected chi connectivity index (χ4v) is 2.23. The van der Waals surface area contributed by atoms with Crippen LogP contribution in [0.1, 0.15) is 17.3 Å². The summed E-state index contributed by atoms with van der Waals surface area (Å²) in [6, 6.07) is 15.6. The van der Waals surface area contributed by atoms with Crippen LogP contribution in [0, 0.1) is 0 Å². The van der Waals surface area contributed by atoms with E-state index < -0.39 is 0 Å². The molecule has 1 heterocycles. The minimum absolute atomic E-state index is 0.0777. The third-order valence-corrected chi connectivity index (χ3v) is 3.37. The van der Waals surface area contributed by atoms with Crippen molar-refractivity contribution in [2.45, 2.75) is 6.92 Å². The molecular weight excluding hydrogens is 248 g/mol. The Morgan fingerprint density at radius 2 is 1.65 bits per heavy atom. The zero-order chi connectivity index (χ0) is 14.1. The zero-order valence-electron chi connectivity index (χ0n) is 11.1. The van der Waals surface area contributed by atoms with Crippen molar-refractivity contribution in [1.82, 2.24) is 4.98 Å². The number of fused-ring (bicyclic) bond motifs is 1. The number of nitrogen functional groups attached to an aromatic ring is 1. The molecule has 3 nitrogen and oxygen atoms in total. The SMILES string of the molecule is CC(=O)c1ccc(-c2ccc3cnc(N)cc3c2)cc1. The summed E-state index contributed by atoms with van der Waals surface area (Å²) in [7, 11) is 0. The van der Waals surface area contributed by atoms with E-state index in [-0.39, 0.29) is 5.78 Å². The molecule has 3 heteroatoms. The summed E-state index contributed by atoms with van der Waals surface area (Å²) in [6.45, 7) is 1.57. The van der Waals surface area contributed by atoms with E-state index in [1.54, 1.807) is 13.1 Å². The number of carbonyl (C=O) groups excluding carboxylic acids is 1. The van der Waals surface area contributed by atoms with Crippen LogP contribution in [0.2, 0.25) is 0 Å². The van der Waals surface area contributed by atoms with E-state index in [1.807, 2.05) is 42.5 Å². The lowest BCUT2D eigenvalue weighted by atomic mass is 10.0. The molecule has 1 aromatic heterocycles. The van der Waals surface area contributed by atoms with Gasteiger partial charge in [0.25, 0.3) is 0 Å². The van der Waals surface area contributed by atoms with Gasteiger partial charge in [-0.3, -0.25) is 4.79 Å². The van der Waals surface area contributed by atoms with E-state index in [0.29, 0.717) is 5.82 Å². The summed E-state index contributed by atoms with van der Waals surface area (Å²) in [5.41, 5.74) is 8.61. The van der Waals surface area contributed by atoms with Crippen LogP contribution in [0.15, 0.2) is 54.7 Å². The first-order valence-corrected chi connectivity index (χ1v) is 6.40. The molecule has 20 heavy (non-hydrogen) atoms. The zero-order valence-corrected chi connectivity index (χ0v) is 11.1. The fraction of sp³-hybridized carbons (Fsp3) is 0.0588. The lowest BCUT2D eigenvalue weighted by Gasteiger charge is -2.05. The van der Waals surface area contributed by atoms with E-state index in [1.165, 1.54) is 0 Å². The van der Waals surface area contributed by atoms with Crippen LogP contribution in [0.25, 0.3) is 21.9 Å². The van der Waals surface area contributed by atoms with E-state index in [9.17, 15) is 4.79 Å². The summed E-state index contributed by atoms with van der Waals surface area (Å²) in [5.74, 6) is 0.593. The number of nitrogens with two attached hydrogens (primary N) is 1. The Balaban J connectivity index is 2.07. The highest BCUT2D eigenvalue weighted by molar-refractivity contribution is 5.95. The minimum atomic E-state index is 0.0777. The van der Waals surface area contributed by atoms with Gasteiger partial charge in [-0.15, -0.1) is 0 Å². The number of hydrogen-bond acceptors (Lipinski definition) is 3. The maximum atomic E-state index is 11.3. The van der Waals surface area contributed by atoms with Gasteiger partial charge in [0.1, 0.15) is 5.82 Å². The molecule has 0 unspecified atom stereocenters. The largest absolute Gasteiger partial charge is 0.384 e. The highest BCUT2D eigenvalue weighted by Gasteiger charge is 2.03. The lowest BCUT2D eigenvalue weighted by molar-refractivity contribution is 0.101. The van der Waals surface area contributed by atoms with Crippen LogP contribution in [0.3, 0.4) is 0 Å². The second-order valence-corrected chi connectivity index (χ2v) is 4.80. The number of aromatic nitrogens is 1. The van der Waals surface area contributed by atoms with Gasteiger partial charge in [-0.2, -0.15) is 0 Å². The molecule has 0 amide bonds. The molecule has 2 aromatic carbocycles. The Hall–Kier alpha value is -2.68. The summed E-state index contributed by atoms with van der Waals surface area (Å²) >= 11 is 0. The van der Waals surface area contributed by atoms with Crippen molar-refractivity contribution < 1.29 is 4.79 Å². The molecule has 0 aliphatic carbocycles. The normalized spacial score (nSPS) is 10.7. The standard InChI is InChI=1S/C17H14N2O/c1-11(20)12-2-4-13(5-3-12)14-6-7-15-10-19-17(18)9-16(15)8-14/h2-10H,1H3,(H2,18,19). The number of benzene rings is 2. The number of Topliss-reactive ketones (excluding diaryl/α,β-unsaturated/α-hetero) is 1. The average molecular weight is 262 g/mol. The molecule has 0 fully saturated rings. The summed E-state index contributed by atoms with van der Waals surface area (Å²) in [6.07, 6.45) is 1.77. The van der Waals surface area contributed by atoms with Crippen LogP contribution >= 0.6 is 0 Å². The number of carbonyl (C=O) groups is 1. The summed E-state index contributed by atoms with van der Waals surface area (Å²) in [4.78, 5) is 15.4. The molecule has 0 spiro atoms.